The molecular formula is C19H30N4O5S. The second-order valence-corrected chi connectivity index (χ2v) is 9.28. The molecule has 162 valence electrons. The van der Waals surface area contributed by atoms with Crippen LogP contribution in [-0.4, -0.2) is 67.2 Å². The number of unbranched alkanes of at least 4 members (excludes halogenated alkanes) is 2. The van der Waals surface area contributed by atoms with Crippen molar-refractivity contribution in [3.8, 4) is 0 Å². The number of carbonyl (C=O) groups is 1. The highest BCUT2D eigenvalue weighted by Crippen LogP contribution is 2.26. The molecule has 9 nitrogen and oxygen atoms in total. The van der Waals surface area contributed by atoms with E-state index in [1.54, 1.807) is 0 Å². The Labute approximate surface area is 172 Å². The summed E-state index contributed by atoms with van der Waals surface area (Å²) in [6, 6.07) is 5.48. The van der Waals surface area contributed by atoms with Gasteiger partial charge in [-0.05, 0) is 19.4 Å². The maximum atomic E-state index is 12.8. The Morgan fingerprint density at radius 2 is 1.86 bits per heavy atom. The highest BCUT2D eigenvalue weighted by Gasteiger charge is 2.33. The van der Waals surface area contributed by atoms with Gasteiger partial charge in [0.15, 0.2) is 4.90 Å². The molecule has 0 unspecified atom stereocenters. The zero-order chi connectivity index (χ0) is 21.4. The molecule has 1 amide bonds. The first-order valence-corrected chi connectivity index (χ1v) is 11.4. The lowest BCUT2D eigenvalue weighted by atomic mass is 10.1. The van der Waals surface area contributed by atoms with Crippen LogP contribution in [0.15, 0.2) is 29.2 Å². The van der Waals surface area contributed by atoms with E-state index in [9.17, 15) is 23.3 Å². The van der Waals surface area contributed by atoms with E-state index in [0.717, 1.165) is 25.7 Å². The van der Waals surface area contributed by atoms with Crippen LogP contribution in [-0.2, 0) is 14.8 Å². The first-order chi connectivity index (χ1) is 13.8. The fourth-order valence-electron chi connectivity index (χ4n) is 3.39. The maximum absolute atomic E-state index is 12.8. The topological polar surface area (TPSA) is 113 Å². The van der Waals surface area contributed by atoms with Crippen molar-refractivity contribution in [1.29, 1.82) is 0 Å². The van der Waals surface area contributed by atoms with Crippen LogP contribution in [0.2, 0.25) is 0 Å². The molecule has 1 saturated heterocycles. The molecule has 0 spiro atoms. The Hall–Kier alpha value is -2.04. The standard InChI is InChI=1S/C19H30N4O5S/c1-3-4-5-8-16(2)20-19(24)15-21-11-13-22(14-12-21)29(27,28)18-10-7-6-9-17(18)23(25)26/h6-7,9-10,16H,3-5,8,11-15H2,1-2H3,(H,20,24)/t16-/m1/s1. The summed E-state index contributed by atoms with van der Waals surface area (Å²) in [7, 11) is -3.96. The van der Waals surface area contributed by atoms with Gasteiger partial charge in [-0.25, -0.2) is 8.42 Å². The minimum absolute atomic E-state index is 0.0657. The van der Waals surface area contributed by atoms with Gasteiger partial charge in [-0.1, -0.05) is 38.3 Å². The molecule has 29 heavy (non-hydrogen) atoms. The van der Waals surface area contributed by atoms with E-state index in [1.807, 2.05) is 11.8 Å². The van der Waals surface area contributed by atoms with E-state index in [-0.39, 0.29) is 36.5 Å². The number of amides is 1. The Morgan fingerprint density at radius 1 is 1.21 bits per heavy atom. The minimum atomic E-state index is -3.96. The van der Waals surface area contributed by atoms with Gasteiger partial charge in [-0.2, -0.15) is 4.31 Å². The molecule has 0 aromatic heterocycles. The van der Waals surface area contributed by atoms with Crippen molar-refractivity contribution in [3.63, 3.8) is 0 Å². The van der Waals surface area contributed by atoms with Gasteiger partial charge in [0.2, 0.25) is 15.9 Å². The molecule has 1 aromatic rings. The molecule has 1 atom stereocenters. The number of nitrogens with zero attached hydrogens (tertiary/aromatic N) is 3. The molecule has 0 bridgehead atoms. The zero-order valence-corrected chi connectivity index (χ0v) is 17.9. The Morgan fingerprint density at radius 3 is 2.48 bits per heavy atom. The number of piperazine rings is 1. The predicted molar refractivity (Wildman–Crippen MR) is 110 cm³/mol. The number of para-hydroxylation sites is 1. The molecule has 0 saturated carbocycles. The highest BCUT2D eigenvalue weighted by atomic mass is 32.2. The summed E-state index contributed by atoms with van der Waals surface area (Å²) in [5.41, 5.74) is -0.425. The lowest BCUT2D eigenvalue weighted by Gasteiger charge is -2.33. The predicted octanol–water partition coefficient (Wildman–Crippen LogP) is 1.99. The van der Waals surface area contributed by atoms with Crippen LogP contribution < -0.4 is 5.32 Å². The van der Waals surface area contributed by atoms with Gasteiger partial charge in [0.05, 0.1) is 11.5 Å². The SMILES string of the molecule is CCCCC[C@@H](C)NC(=O)CN1CCN(S(=O)(=O)c2ccccc2[N+](=O)[O-])CC1. The second-order valence-electron chi connectivity index (χ2n) is 7.37. The largest absolute Gasteiger partial charge is 0.353 e. The summed E-state index contributed by atoms with van der Waals surface area (Å²) in [5, 5.41) is 14.2. The summed E-state index contributed by atoms with van der Waals surface area (Å²) >= 11 is 0. The van der Waals surface area contributed by atoms with Crippen LogP contribution in [0, 0.1) is 10.1 Å². The third-order valence-corrected chi connectivity index (χ3v) is 6.97. The number of nitro benzene ring substituents is 1. The molecule has 10 heteroatoms. The number of nitrogens with one attached hydrogen (secondary N) is 1. The lowest BCUT2D eigenvalue weighted by Crippen LogP contribution is -2.51. The van der Waals surface area contributed by atoms with Gasteiger partial charge in [0.25, 0.3) is 5.69 Å². The summed E-state index contributed by atoms with van der Waals surface area (Å²) < 4.78 is 26.9. The van der Waals surface area contributed by atoms with Crippen LogP contribution in [0.25, 0.3) is 0 Å². The number of nitro groups is 1. The van der Waals surface area contributed by atoms with Crippen molar-refractivity contribution >= 4 is 21.6 Å². The van der Waals surface area contributed by atoms with E-state index in [4.69, 9.17) is 0 Å². The van der Waals surface area contributed by atoms with Gasteiger partial charge in [-0.3, -0.25) is 19.8 Å². The quantitative estimate of drug-likeness (QED) is 0.348. The molecule has 1 heterocycles. The van der Waals surface area contributed by atoms with Crippen LogP contribution in [0.4, 0.5) is 5.69 Å². The fourth-order valence-corrected chi connectivity index (χ4v) is 4.97. The van der Waals surface area contributed by atoms with Gasteiger partial charge in [-0.15, -0.1) is 0 Å². The van der Waals surface area contributed by atoms with Crippen molar-refractivity contribution in [1.82, 2.24) is 14.5 Å². The number of sulfonamides is 1. The van der Waals surface area contributed by atoms with E-state index < -0.39 is 20.6 Å². The van der Waals surface area contributed by atoms with Crippen molar-refractivity contribution in [3.05, 3.63) is 34.4 Å². The molecule has 1 aromatic carbocycles. The fraction of sp³-hybridized carbons (Fsp3) is 0.632. The Bertz CT molecular complexity index is 807. The maximum Gasteiger partial charge on any atom is 0.289 e. The summed E-state index contributed by atoms with van der Waals surface area (Å²) in [6.45, 7) is 5.53. The number of rotatable bonds is 10. The third kappa shape index (κ3) is 6.48. The molecule has 0 aliphatic carbocycles. The molecular weight excluding hydrogens is 396 g/mol. The number of hydrogen-bond donors (Lipinski definition) is 1. The van der Waals surface area contributed by atoms with Crippen LogP contribution in [0.1, 0.15) is 39.5 Å². The van der Waals surface area contributed by atoms with Crippen LogP contribution in [0.3, 0.4) is 0 Å². The van der Waals surface area contributed by atoms with Crippen LogP contribution >= 0.6 is 0 Å². The first kappa shape index (κ1) is 23.2. The molecule has 0 radical (unpaired) electrons. The van der Waals surface area contributed by atoms with Crippen molar-refractivity contribution in [2.45, 2.75) is 50.5 Å². The highest BCUT2D eigenvalue weighted by molar-refractivity contribution is 7.89. The zero-order valence-electron chi connectivity index (χ0n) is 17.0. The van der Waals surface area contributed by atoms with Gasteiger partial charge in [0.1, 0.15) is 0 Å². The van der Waals surface area contributed by atoms with E-state index in [0.29, 0.717) is 13.1 Å². The average Bonchev–Trinajstić information content (AvgIpc) is 2.68. The number of hydrogen-bond acceptors (Lipinski definition) is 6. The summed E-state index contributed by atoms with van der Waals surface area (Å²) in [5.74, 6) is -0.0657. The normalized spacial score (nSPS) is 17.0. The second kappa shape index (κ2) is 10.7. The van der Waals surface area contributed by atoms with E-state index in [1.165, 1.54) is 28.6 Å². The summed E-state index contributed by atoms with van der Waals surface area (Å²) in [4.78, 5) is 24.3. The molecule has 1 aliphatic rings. The number of carbonyl (C=O) groups excluding carboxylic acids is 1. The van der Waals surface area contributed by atoms with E-state index >= 15 is 0 Å². The minimum Gasteiger partial charge on any atom is -0.353 e. The lowest BCUT2D eigenvalue weighted by molar-refractivity contribution is -0.387. The monoisotopic (exact) mass is 426 g/mol. The van der Waals surface area contributed by atoms with Crippen molar-refractivity contribution in [2.75, 3.05) is 32.7 Å². The van der Waals surface area contributed by atoms with Crippen molar-refractivity contribution in [2.24, 2.45) is 0 Å². The van der Waals surface area contributed by atoms with Gasteiger partial charge < -0.3 is 5.32 Å². The summed E-state index contributed by atoms with van der Waals surface area (Å²) in [6.07, 6.45) is 4.32. The average molecular weight is 427 g/mol. The van der Waals surface area contributed by atoms with Gasteiger partial charge >= 0.3 is 0 Å². The Balaban J connectivity index is 1.89. The first-order valence-electron chi connectivity index (χ1n) is 10.0. The molecule has 1 fully saturated rings. The number of benzene rings is 1. The smallest absolute Gasteiger partial charge is 0.289 e. The van der Waals surface area contributed by atoms with Crippen LogP contribution in [0.5, 0.6) is 0 Å². The third-order valence-electron chi connectivity index (χ3n) is 5.03. The Kier molecular flexibility index (Phi) is 8.54. The van der Waals surface area contributed by atoms with Crippen molar-refractivity contribution < 1.29 is 18.1 Å². The van der Waals surface area contributed by atoms with E-state index in [2.05, 4.69) is 12.2 Å². The molecule has 1 aliphatic heterocycles. The molecule has 2 rings (SSSR count). The van der Waals surface area contributed by atoms with Gasteiger partial charge in [0, 0.05) is 38.3 Å². The molecule has 1 N–H and O–H groups in total.